The van der Waals surface area contributed by atoms with Crippen LogP contribution in [0.15, 0.2) is 30.5 Å². The molecule has 1 fully saturated rings. The summed E-state index contributed by atoms with van der Waals surface area (Å²) in [5, 5.41) is 19.2. The molecule has 3 rings (SSSR count). The van der Waals surface area contributed by atoms with Crippen LogP contribution in [0.4, 0.5) is 0 Å². The van der Waals surface area contributed by atoms with Crippen LogP contribution in [0.3, 0.4) is 0 Å². The van der Waals surface area contributed by atoms with Gasteiger partial charge in [0, 0.05) is 23.5 Å². The summed E-state index contributed by atoms with van der Waals surface area (Å²) >= 11 is 0. The number of amides is 2. The van der Waals surface area contributed by atoms with Gasteiger partial charge in [0.25, 0.3) is 0 Å². The summed E-state index contributed by atoms with van der Waals surface area (Å²) in [7, 11) is 0. The van der Waals surface area contributed by atoms with Gasteiger partial charge in [-0.2, -0.15) is 0 Å². The summed E-state index contributed by atoms with van der Waals surface area (Å²) in [5.74, 6) is -1.92. The van der Waals surface area contributed by atoms with Gasteiger partial charge in [-0.15, -0.1) is 0 Å². The molecule has 4 unspecified atom stereocenters. The molecule has 2 heterocycles. The topological polar surface area (TPSA) is 123 Å². The van der Waals surface area contributed by atoms with E-state index in [9.17, 15) is 19.5 Å². The van der Waals surface area contributed by atoms with Gasteiger partial charge in [-0.05, 0) is 36.9 Å². The Hall–Kier alpha value is -2.87. The minimum absolute atomic E-state index is 0.127. The second kappa shape index (κ2) is 9.75. The minimum atomic E-state index is -1.11. The fraction of sp³-hybridized carbons (Fsp3) is 0.500. The maximum absolute atomic E-state index is 13.0. The largest absolute Gasteiger partial charge is 0.480 e. The predicted octanol–water partition coefficient (Wildman–Crippen LogP) is 1.56. The Bertz CT molecular complexity index is 903. The number of hydrogen-bond acceptors (Lipinski definition) is 4. The monoisotopic (exact) mass is 414 g/mol. The van der Waals surface area contributed by atoms with Crippen LogP contribution in [0.5, 0.6) is 0 Å². The molecular weight excluding hydrogens is 384 g/mol. The van der Waals surface area contributed by atoms with E-state index in [-0.39, 0.29) is 24.3 Å². The molecule has 8 heteroatoms. The van der Waals surface area contributed by atoms with E-state index in [1.165, 1.54) is 0 Å². The van der Waals surface area contributed by atoms with Crippen molar-refractivity contribution in [3.05, 3.63) is 36.0 Å². The van der Waals surface area contributed by atoms with E-state index in [4.69, 9.17) is 0 Å². The molecule has 1 aromatic carbocycles. The van der Waals surface area contributed by atoms with Crippen LogP contribution in [-0.4, -0.2) is 52.5 Å². The van der Waals surface area contributed by atoms with Gasteiger partial charge in [0.1, 0.15) is 12.1 Å². The number of benzene rings is 1. The number of carboxylic acid groups (broad SMARTS) is 1. The molecule has 1 aromatic heterocycles. The smallest absolute Gasteiger partial charge is 0.326 e. The van der Waals surface area contributed by atoms with E-state index >= 15 is 0 Å². The number of aromatic amines is 1. The van der Waals surface area contributed by atoms with Crippen LogP contribution in [0.1, 0.15) is 38.7 Å². The Kier molecular flexibility index (Phi) is 7.10. The number of hydrogen-bond donors (Lipinski definition) is 5. The third-order valence-corrected chi connectivity index (χ3v) is 5.88. The number of carbonyl (C=O) groups is 3. The van der Waals surface area contributed by atoms with Crippen molar-refractivity contribution in [2.45, 2.75) is 57.7 Å². The summed E-state index contributed by atoms with van der Waals surface area (Å²) in [6.07, 6.45) is 4.25. The summed E-state index contributed by atoms with van der Waals surface area (Å²) < 4.78 is 0. The van der Waals surface area contributed by atoms with Gasteiger partial charge in [-0.1, -0.05) is 38.5 Å². The van der Waals surface area contributed by atoms with Crippen LogP contribution < -0.4 is 16.0 Å². The predicted molar refractivity (Wildman–Crippen MR) is 114 cm³/mol. The zero-order valence-electron chi connectivity index (χ0n) is 17.4. The molecule has 2 amide bonds. The van der Waals surface area contributed by atoms with Crippen molar-refractivity contribution in [1.29, 1.82) is 0 Å². The zero-order valence-corrected chi connectivity index (χ0v) is 17.4. The van der Waals surface area contributed by atoms with Gasteiger partial charge >= 0.3 is 5.97 Å². The fourth-order valence-corrected chi connectivity index (χ4v) is 3.85. The first-order chi connectivity index (χ1) is 14.4. The Morgan fingerprint density at radius 1 is 1.23 bits per heavy atom. The summed E-state index contributed by atoms with van der Waals surface area (Å²) in [4.78, 5) is 40.5. The molecule has 162 valence electrons. The average Bonchev–Trinajstić information content (AvgIpc) is 3.41. The van der Waals surface area contributed by atoms with Gasteiger partial charge in [-0.25, -0.2) is 4.79 Å². The number of carboxylic acids is 1. The number of para-hydroxylation sites is 1. The van der Waals surface area contributed by atoms with Crippen molar-refractivity contribution in [2.75, 3.05) is 6.54 Å². The Morgan fingerprint density at radius 2 is 2.00 bits per heavy atom. The number of fused-ring (bicyclic) bond motifs is 1. The Labute approximate surface area is 175 Å². The molecule has 0 radical (unpaired) electrons. The molecule has 2 aromatic rings. The van der Waals surface area contributed by atoms with E-state index in [1.807, 2.05) is 38.1 Å². The average molecular weight is 415 g/mol. The van der Waals surface area contributed by atoms with E-state index in [0.29, 0.717) is 6.42 Å². The van der Waals surface area contributed by atoms with Crippen LogP contribution in [0.2, 0.25) is 0 Å². The highest BCUT2D eigenvalue weighted by molar-refractivity contribution is 5.92. The standard InChI is InChI=1S/C22H30N4O4/c1-3-13(2)19(26-20(27)17-9-6-10-23-17)21(28)25-18(22(29)30)11-14-12-24-16-8-5-4-7-15(14)16/h4-5,7-8,12-13,17-19,23-24H,3,6,9-11H2,1-2H3,(H,25,28)(H,26,27)(H,29,30). The molecule has 0 spiro atoms. The molecule has 1 saturated heterocycles. The first-order valence-corrected chi connectivity index (χ1v) is 10.5. The van der Waals surface area contributed by atoms with Crippen molar-refractivity contribution in [3.8, 4) is 0 Å². The number of H-pyrrole nitrogens is 1. The maximum atomic E-state index is 13.0. The molecule has 0 saturated carbocycles. The lowest BCUT2D eigenvalue weighted by molar-refractivity contribution is -0.142. The second-order valence-corrected chi connectivity index (χ2v) is 7.98. The van der Waals surface area contributed by atoms with Crippen molar-refractivity contribution in [2.24, 2.45) is 5.92 Å². The fourth-order valence-electron chi connectivity index (χ4n) is 3.85. The molecule has 1 aliphatic rings. The number of nitrogens with one attached hydrogen (secondary N) is 4. The lowest BCUT2D eigenvalue weighted by Gasteiger charge is -2.26. The highest BCUT2D eigenvalue weighted by atomic mass is 16.4. The number of aliphatic carboxylic acids is 1. The normalized spacial score (nSPS) is 19.2. The van der Waals surface area contributed by atoms with Crippen LogP contribution in [0, 0.1) is 5.92 Å². The van der Waals surface area contributed by atoms with E-state index in [0.717, 1.165) is 35.9 Å². The van der Waals surface area contributed by atoms with Gasteiger partial charge in [-0.3, -0.25) is 9.59 Å². The highest BCUT2D eigenvalue weighted by Gasteiger charge is 2.32. The number of aromatic nitrogens is 1. The molecule has 8 nitrogen and oxygen atoms in total. The SMILES string of the molecule is CCC(C)C(NC(=O)C1CCCN1)C(=O)NC(Cc1c[nH]c2ccccc12)C(=O)O. The highest BCUT2D eigenvalue weighted by Crippen LogP contribution is 2.19. The van der Waals surface area contributed by atoms with Gasteiger partial charge in [0.05, 0.1) is 6.04 Å². The van der Waals surface area contributed by atoms with Gasteiger partial charge < -0.3 is 26.0 Å². The van der Waals surface area contributed by atoms with Crippen molar-refractivity contribution in [1.82, 2.24) is 20.9 Å². The molecule has 0 bridgehead atoms. The molecule has 4 atom stereocenters. The van der Waals surface area contributed by atoms with Gasteiger partial charge in [0.2, 0.25) is 11.8 Å². The third-order valence-electron chi connectivity index (χ3n) is 5.88. The lowest BCUT2D eigenvalue weighted by atomic mass is 9.96. The van der Waals surface area contributed by atoms with Crippen molar-refractivity contribution >= 4 is 28.7 Å². The first-order valence-electron chi connectivity index (χ1n) is 10.5. The lowest BCUT2D eigenvalue weighted by Crippen LogP contribution is -2.56. The van der Waals surface area contributed by atoms with Crippen molar-refractivity contribution in [3.63, 3.8) is 0 Å². The molecule has 1 aliphatic heterocycles. The van der Waals surface area contributed by atoms with Crippen molar-refractivity contribution < 1.29 is 19.5 Å². The number of rotatable bonds is 9. The Morgan fingerprint density at radius 3 is 2.67 bits per heavy atom. The van der Waals surface area contributed by atoms with E-state index < -0.39 is 24.0 Å². The van der Waals surface area contributed by atoms with Crippen LogP contribution in [0.25, 0.3) is 10.9 Å². The van der Waals surface area contributed by atoms with Gasteiger partial charge in [0.15, 0.2) is 0 Å². The quantitative estimate of drug-likeness (QED) is 0.426. The van der Waals surface area contributed by atoms with Crippen LogP contribution in [-0.2, 0) is 20.8 Å². The number of carbonyl (C=O) groups excluding carboxylic acids is 2. The maximum Gasteiger partial charge on any atom is 0.326 e. The summed E-state index contributed by atoms with van der Waals surface area (Å²) in [6, 6.07) is 5.44. The minimum Gasteiger partial charge on any atom is -0.480 e. The summed E-state index contributed by atoms with van der Waals surface area (Å²) in [6.45, 7) is 4.59. The Balaban J connectivity index is 1.72. The van der Waals surface area contributed by atoms with E-state index in [1.54, 1.807) is 6.20 Å². The molecule has 5 N–H and O–H groups in total. The van der Waals surface area contributed by atoms with Crippen LogP contribution >= 0.6 is 0 Å². The second-order valence-electron chi connectivity index (χ2n) is 7.98. The third kappa shape index (κ3) is 4.99. The molecule has 0 aliphatic carbocycles. The summed E-state index contributed by atoms with van der Waals surface area (Å²) in [5.41, 5.74) is 1.73. The first kappa shape index (κ1) is 21.8. The molecular formula is C22H30N4O4. The van der Waals surface area contributed by atoms with E-state index in [2.05, 4.69) is 20.9 Å². The zero-order chi connectivity index (χ0) is 21.7. The molecule has 30 heavy (non-hydrogen) atoms.